The third-order valence-electron chi connectivity index (χ3n) is 6.15. The first-order chi connectivity index (χ1) is 13.2. The van der Waals surface area contributed by atoms with Crippen molar-refractivity contribution < 1.29 is 19.3 Å². The first-order valence-corrected chi connectivity index (χ1v) is 9.72. The van der Waals surface area contributed by atoms with E-state index in [1.807, 2.05) is 6.92 Å². The maximum Gasteiger partial charge on any atom is 0.191 e. The predicted octanol–water partition coefficient (Wildman–Crippen LogP) is 3.11. The van der Waals surface area contributed by atoms with Crippen molar-refractivity contribution in [3.63, 3.8) is 0 Å². The molecule has 0 saturated heterocycles. The van der Waals surface area contributed by atoms with Crippen LogP contribution in [0.2, 0.25) is 0 Å². The van der Waals surface area contributed by atoms with Crippen LogP contribution in [0.5, 0.6) is 11.5 Å². The zero-order valence-electron chi connectivity index (χ0n) is 18.5. The van der Waals surface area contributed by atoms with Crippen molar-refractivity contribution in [2.45, 2.75) is 51.9 Å². The molecule has 29 heavy (non-hydrogen) atoms. The minimum absolute atomic E-state index is 0. The van der Waals surface area contributed by atoms with Crippen LogP contribution in [0.3, 0.4) is 0 Å². The molecule has 166 valence electrons. The fourth-order valence-corrected chi connectivity index (χ4v) is 3.58. The topological polar surface area (TPSA) is 84.3 Å². The van der Waals surface area contributed by atoms with Gasteiger partial charge in [-0.2, -0.15) is 0 Å². The van der Waals surface area contributed by atoms with E-state index in [1.54, 1.807) is 39.5 Å². The second kappa shape index (κ2) is 10.7. The van der Waals surface area contributed by atoms with Crippen molar-refractivity contribution >= 4 is 29.9 Å². The van der Waals surface area contributed by atoms with Gasteiger partial charge >= 0.3 is 0 Å². The molecule has 0 spiro atoms. The number of guanidine groups is 1. The van der Waals surface area contributed by atoms with Crippen molar-refractivity contribution in [3.05, 3.63) is 23.8 Å². The predicted molar refractivity (Wildman–Crippen MR) is 127 cm³/mol. The molecule has 0 amide bonds. The van der Waals surface area contributed by atoms with Crippen LogP contribution in [0.15, 0.2) is 23.2 Å². The van der Waals surface area contributed by atoms with E-state index in [0.29, 0.717) is 23.0 Å². The highest BCUT2D eigenvalue weighted by atomic mass is 127. The van der Waals surface area contributed by atoms with Gasteiger partial charge in [-0.1, -0.05) is 13.8 Å². The van der Waals surface area contributed by atoms with Gasteiger partial charge in [0, 0.05) is 30.7 Å². The quantitative estimate of drug-likeness (QED) is 0.277. The zero-order valence-corrected chi connectivity index (χ0v) is 20.9. The van der Waals surface area contributed by atoms with Gasteiger partial charge in [0.05, 0.1) is 26.4 Å². The number of rotatable bonds is 8. The summed E-state index contributed by atoms with van der Waals surface area (Å²) < 4.78 is 16.3. The van der Waals surface area contributed by atoms with Crippen LogP contribution >= 0.6 is 24.0 Å². The Bertz CT molecular complexity index is 699. The Morgan fingerprint density at radius 3 is 2.45 bits per heavy atom. The first-order valence-electron chi connectivity index (χ1n) is 9.72. The lowest BCUT2D eigenvalue weighted by Gasteiger charge is -2.59. The van der Waals surface area contributed by atoms with Gasteiger partial charge in [-0.3, -0.25) is 4.99 Å². The number of nitrogens with one attached hydrogen (secondary N) is 2. The van der Waals surface area contributed by atoms with Gasteiger partial charge in [0.1, 0.15) is 17.6 Å². The molecule has 1 aromatic rings. The van der Waals surface area contributed by atoms with E-state index < -0.39 is 6.10 Å². The van der Waals surface area contributed by atoms with Gasteiger partial charge in [0.15, 0.2) is 5.96 Å². The molecule has 1 aromatic carbocycles. The van der Waals surface area contributed by atoms with Gasteiger partial charge < -0.3 is 30.0 Å². The molecule has 0 aromatic heterocycles. The van der Waals surface area contributed by atoms with Crippen molar-refractivity contribution in [1.29, 1.82) is 0 Å². The van der Waals surface area contributed by atoms with E-state index in [-0.39, 0.29) is 47.6 Å². The van der Waals surface area contributed by atoms with Gasteiger partial charge in [0.25, 0.3) is 0 Å². The highest BCUT2D eigenvalue weighted by Gasteiger charge is 2.58. The fraction of sp³-hybridized carbons (Fsp3) is 0.667. The maximum atomic E-state index is 10.7. The zero-order chi connectivity index (χ0) is 20.9. The second-order valence-corrected chi connectivity index (χ2v) is 7.90. The number of benzene rings is 1. The summed E-state index contributed by atoms with van der Waals surface area (Å²) in [4.78, 5) is 4.59. The van der Waals surface area contributed by atoms with Crippen molar-refractivity contribution in [3.8, 4) is 11.5 Å². The maximum absolute atomic E-state index is 10.7. The van der Waals surface area contributed by atoms with E-state index >= 15 is 0 Å². The Labute approximate surface area is 191 Å². The molecule has 1 aliphatic carbocycles. The normalized spacial score (nSPS) is 24.0. The monoisotopic (exact) mass is 521 g/mol. The molecule has 7 nitrogen and oxygen atoms in total. The molecule has 8 heteroatoms. The molecule has 1 saturated carbocycles. The minimum Gasteiger partial charge on any atom is -0.497 e. The molecule has 1 fully saturated rings. The molecule has 0 heterocycles. The van der Waals surface area contributed by atoms with Crippen LogP contribution < -0.4 is 20.1 Å². The fourth-order valence-electron chi connectivity index (χ4n) is 3.58. The van der Waals surface area contributed by atoms with E-state index in [2.05, 4.69) is 36.4 Å². The van der Waals surface area contributed by atoms with Crippen molar-refractivity contribution in [1.82, 2.24) is 10.6 Å². The smallest absolute Gasteiger partial charge is 0.191 e. The SMILES string of the molecule is CCNC(=NCC(O)c1cc(OC)ccc1OC)NC1CC(C)(OC)C1(C)C.I. The average Bonchev–Trinajstić information content (AvgIpc) is 2.70. The highest BCUT2D eigenvalue weighted by Crippen LogP contribution is 2.51. The lowest BCUT2D eigenvalue weighted by Crippen LogP contribution is -2.69. The van der Waals surface area contributed by atoms with E-state index in [1.165, 1.54) is 0 Å². The van der Waals surface area contributed by atoms with Crippen LogP contribution in [0.4, 0.5) is 0 Å². The lowest BCUT2D eigenvalue weighted by molar-refractivity contribution is -0.176. The average molecular weight is 521 g/mol. The summed E-state index contributed by atoms with van der Waals surface area (Å²) >= 11 is 0. The summed E-state index contributed by atoms with van der Waals surface area (Å²) in [5.41, 5.74) is 0.458. The Kier molecular flexibility index (Phi) is 9.49. The number of aliphatic imine (C=N–C) groups is 1. The third-order valence-corrected chi connectivity index (χ3v) is 6.15. The largest absolute Gasteiger partial charge is 0.497 e. The molecule has 2 rings (SSSR count). The van der Waals surface area contributed by atoms with Crippen molar-refractivity contribution in [2.24, 2.45) is 10.4 Å². The second-order valence-electron chi connectivity index (χ2n) is 7.90. The van der Waals surface area contributed by atoms with E-state index in [4.69, 9.17) is 14.2 Å². The molecular formula is C21H36IN3O4. The third kappa shape index (κ3) is 5.46. The van der Waals surface area contributed by atoms with Gasteiger partial charge in [-0.05, 0) is 38.5 Å². The molecule has 3 N–H and O–H groups in total. The molecule has 0 aliphatic heterocycles. The summed E-state index contributed by atoms with van der Waals surface area (Å²) in [5, 5.41) is 17.4. The highest BCUT2D eigenvalue weighted by molar-refractivity contribution is 14.0. The Balaban J connectivity index is 0.00000420. The van der Waals surface area contributed by atoms with Crippen LogP contribution in [0.25, 0.3) is 0 Å². The first kappa shape index (κ1) is 25.8. The Hall–Kier alpha value is -1.26. The van der Waals surface area contributed by atoms with Crippen LogP contribution in [0, 0.1) is 5.41 Å². The molecule has 1 aliphatic rings. The van der Waals surface area contributed by atoms with Crippen LogP contribution in [-0.2, 0) is 4.74 Å². The Morgan fingerprint density at radius 1 is 1.24 bits per heavy atom. The molecule has 3 atom stereocenters. The molecule has 0 radical (unpaired) electrons. The summed E-state index contributed by atoms with van der Waals surface area (Å²) in [6.07, 6.45) is 0.0897. The summed E-state index contributed by atoms with van der Waals surface area (Å²) in [6, 6.07) is 5.60. The summed E-state index contributed by atoms with van der Waals surface area (Å²) in [5.74, 6) is 1.95. The molecular weight excluding hydrogens is 485 g/mol. The minimum atomic E-state index is -0.806. The standard InChI is InChI=1S/C21H35N3O4.HI/c1-8-22-19(24-18-12-21(4,28-7)20(18,2)3)23-13-16(25)15-11-14(26-5)9-10-17(15)27-6;/h9-11,16,18,25H,8,12-13H2,1-7H3,(H2,22,23,24);1H. The Morgan fingerprint density at radius 2 is 1.93 bits per heavy atom. The number of aliphatic hydroxyl groups excluding tert-OH is 1. The number of aliphatic hydroxyl groups is 1. The van der Waals surface area contributed by atoms with Gasteiger partial charge in [0.2, 0.25) is 0 Å². The molecule has 3 unspecified atom stereocenters. The van der Waals surface area contributed by atoms with E-state index in [9.17, 15) is 5.11 Å². The number of hydrogen-bond donors (Lipinski definition) is 3. The number of methoxy groups -OCH3 is 3. The van der Waals surface area contributed by atoms with Crippen molar-refractivity contribution in [2.75, 3.05) is 34.4 Å². The number of halogens is 1. The van der Waals surface area contributed by atoms with E-state index in [0.717, 1.165) is 13.0 Å². The van der Waals surface area contributed by atoms with Crippen LogP contribution in [-0.4, -0.2) is 57.1 Å². The summed E-state index contributed by atoms with van der Waals surface area (Å²) in [6.45, 7) is 9.47. The van der Waals surface area contributed by atoms with Crippen LogP contribution in [0.1, 0.15) is 45.8 Å². The lowest BCUT2D eigenvalue weighted by atomic mass is 9.56. The molecule has 0 bridgehead atoms. The van der Waals surface area contributed by atoms with Gasteiger partial charge in [-0.25, -0.2) is 0 Å². The number of ether oxygens (including phenoxy) is 3. The summed E-state index contributed by atoms with van der Waals surface area (Å²) in [7, 11) is 4.94. The van der Waals surface area contributed by atoms with Gasteiger partial charge in [-0.15, -0.1) is 24.0 Å². The number of nitrogens with zero attached hydrogens (tertiary/aromatic N) is 1. The number of hydrogen-bond acceptors (Lipinski definition) is 5.